The Hall–Kier alpha value is -4.21. The number of anilines is 2. The summed E-state index contributed by atoms with van der Waals surface area (Å²) in [5, 5.41) is 10.8. The topological polar surface area (TPSA) is 93.8 Å². The van der Waals surface area contributed by atoms with Gasteiger partial charge < -0.3 is 14.9 Å². The van der Waals surface area contributed by atoms with Gasteiger partial charge >= 0.3 is 11.6 Å². The molecule has 1 fully saturated rings. The maximum Gasteiger partial charge on any atom is 0.324 e. The maximum atomic E-state index is 13.2. The van der Waals surface area contributed by atoms with Gasteiger partial charge in [0.2, 0.25) is 5.75 Å². The zero-order valence-corrected chi connectivity index (χ0v) is 19.7. The Morgan fingerprint density at radius 3 is 2.54 bits per heavy atom. The van der Waals surface area contributed by atoms with Gasteiger partial charge in [0, 0.05) is 53.1 Å². The van der Waals surface area contributed by atoms with Gasteiger partial charge in [-0.25, -0.2) is 14.2 Å². The van der Waals surface area contributed by atoms with Crippen molar-refractivity contribution in [3.8, 4) is 5.75 Å². The van der Waals surface area contributed by atoms with E-state index in [2.05, 4.69) is 9.98 Å². The van der Waals surface area contributed by atoms with Crippen LogP contribution in [0.5, 0.6) is 5.75 Å². The quantitative estimate of drug-likeness (QED) is 0.611. The number of urea groups is 1. The Balaban J connectivity index is 1.55. The molecule has 10 heteroatoms. The molecule has 2 aliphatic rings. The van der Waals surface area contributed by atoms with Crippen LogP contribution in [0.1, 0.15) is 17.7 Å². The van der Waals surface area contributed by atoms with Crippen LogP contribution in [0.4, 0.5) is 20.6 Å². The molecule has 2 aliphatic heterocycles. The zero-order chi connectivity index (χ0) is 24.9. The molecule has 4 heterocycles. The number of rotatable bonds is 5. The van der Waals surface area contributed by atoms with Gasteiger partial charge in [0.15, 0.2) is 5.65 Å². The minimum absolute atomic E-state index is 0.0965. The van der Waals surface area contributed by atoms with E-state index in [9.17, 15) is 19.1 Å². The molecular formula is C25H25FN6O3. The first kappa shape index (κ1) is 22.6. The molecule has 0 atom stereocenters. The first-order valence-electron chi connectivity index (χ1n) is 11.2. The van der Waals surface area contributed by atoms with Crippen molar-refractivity contribution in [2.24, 2.45) is 4.99 Å². The van der Waals surface area contributed by atoms with Crippen LogP contribution in [0.2, 0.25) is 0 Å². The Kier molecular flexibility index (Phi) is 5.50. The number of amides is 2. The third-order valence-corrected chi connectivity index (χ3v) is 6.31. The molecule has 35 heavy (non-hydrogen) atoms. The molecule has 5 rings (SSSR count). The van der Waals surface area contributed by atoms with E-state index in [1.807, 2.05) is 25.1 Å². The number of allylic oxidation sites excluding steroid dienone is 1. The van der Waals surface area contributed by atoms with E-state index in [0.29, 0.717) is 43.0 Å². The van der Waals surface area contributed by atoms with Crippen LogP contribution in [-0.2, 0) is 6.42 Å². The Labute approximate surface area is 201 Å². The minimum atomic E-state index is -0.635. The molecule has 3 aromatic rings. The van der Waals surface area contributed by atoms with Crippen LogP contribution < -0.4 is 15.4 Å². The van der Waals surface area contributed by atoms with Crippen LogP contribution in [0.25, 0.3) is 5.65 Å². The molecule has 1 N–H and O–H groups in total. The van der Waals surface area contributed by atoms with Gasteiger partial charge in [-0.15, -0.1) is 0 Å². The van der Waals surface area contributed by atoms with Gasteiger partial charge in [-0.1, -0.05) is 12.1 Å². The largest absolute Gasteiger partial charge is 0.501 e. The smallest absolute Gasteiger partial charge is 0.324 e. The highest BCUT2D eigenvalue weighted by atomic mass is 19.1. The molecule has 1 saturated heterocycles. The predicted molar refractivity (Wildman–Crippen MR) is 132 cm³/mol. The molecule has 180 valence electrons. The second-order valence-corrected chi connectivity index (χ2v) is 8.98. The van der Waals surface area contributed by atoms with Gasteiger partial charge in [-0.05, 0) is 35.8 Å². The van der Waals surface area contributed by atoms with Crippen molar-refractivity contribution in [3.05, 3.63) is 75.7 Å². The lowest BCUT2D eigenvalue weighted by atomic mass is 10.0. The monoisotopic (exact) mass is 476 g/mol. The summed E-state index contributed by atoms with van der Waals surface area (Å²) < 4.78 is 14.5. The molecule has 0 aliphatic carbocycles. The van der Waals surface area contributed by atoms with E-state index < -0.39 is 11.3 Å². The van der Waals surface area contributed by atoms with Gasteiger partial charge in [0.05, 0.1) is 17.1 Å². The molecule has 9 nitrogen and oxygen atoms in total. The fraction of sp³-hybridized carbons (Fsp3) is 0.280. The normalized spacial score (nSPS) is 15.7. The van der Waals surface area contributed by atoms with Gasteiger partial charge in [0.1, 0.15) is 11.5 Å². The lowest BCUT2D eigenvalue weighted by Crippen LogP contribution is -2.31. The fourth-order valence-electron chi connectivity index (χ4n) is 4.31. The van der Waals surface area contributed by atoms with Gasteiger partial charge in [-0.3, -0.25) is 19.1 Å². The lowest BCUT2D eigenvalue weighted by molar-refractivity contribution is 0.229. The van der Waals surface area contributed by atoms with Crippen molar-refractivity contribution >= 4 is 28.8 Å². The number of benzene rings is 1. The van der Waals surface area contributed by atoms with Crippen LogP contribution in [0.3, 0.4) is 0 Å². The molecule has 0 radical (unpaired) electrons. The number of hydrogen-bond acceptors (Lipinski definition) is 6. The second-order valence-electron chi connectivity index (χ2n) is 8.98. The summed E-state index contributed by atoms with van der Waals surface area (Å²) in [6.07, 6.45) is 4.24. The Morgan fingerprint density at radius 2 is 1.89 bits per heavy atom. The number of aromatic nitrogens is 2. The molecular weight excluding hydrogens is 451 g/mol. The van der Waals surface area contributed by atoms with E-state index in [-0.39, 0.29) is 23.2 Å². The molecule has 0 spiro atoms. The fourth-order valence-corrected chi connectivity index (χ4v) is 4.31. The highest BCUT2D eigenvalue weighted by Gasteiger charge is 2.30. The molecule has 0 unspecified atom stereocenters. The highest BCUT2D eigenvalue weighted by Crippen LogP contribution is 2.30. The zero-order valence-electron chi connectivity index (χ0n) is 19.7. The summed E-state index contributed by atoms with van der Waals surface area (Å²) in [5.74, 6) is -0.794. The SMILES string of the molecule is CN1CCN(c2cc(N(C)C)cn3c(=O)c(O)c(C4=NC=C(Cc5ccc(F)cc5)C4)nc23)C1=O. The van der Waals surface area contributed by atoms with E-state index in [1.165, 1.54) is 16.5 Å². The number of carbonyl (C=O) groups is 1. The van der Waals surface area contributed by atoms with Crippen molar-refractivity contribution in [1.82, 2.24) is 14.3 Å². The first-order chi connectivity index (χ1) is 16.7. The molecule has 0 bridgehead atoms. The number of halogens is 1. The van der Waals surface area contributed by atoms with Crippen LogP contribution >= 0.6 is 0 Å². The van der Waals surface area contributed by atoms with Crippen molar-refractivity contribution in [3.63, 3.8) is 0 Å². The van der Waals surface area contributed by atoms with E-state index in [4.69, 9.17) is 0 Å². The summed E-state index contributed by atoms with van der Waals surface area (Å²) in [5.41, 5.74) is 3.25. The highest BCUT2D eigenvalue weighted by molar-refractivity contribution is 6.05. The average Bonchev–Trinajstić information content (AvgIpc) is 3.43. The maximum absolute atomic E-state index is 13.2. The van der Waals surface area contributed by atoms with Crippen molar-refractivity contribution in [2.45, 2.75) is 12.8 Å². The van der Waals surface area contributed by atoms with E-state index >= 15 is 0 Å². The van der Waals surface area contributed by atoms with Gasteiger partial charge in [0.25, 0.3) is 0 Å². The van der Waals surface area contributed by atoms with Crippen LogP contribution in [-0.4, -0.2) is 65.4 Å². The number of nitrogens with zero attached hydrogens (tertiary/aromatic N) is 6. The average molecular weight is 477 g/mol. The number of likely N-dealkylation sites (N-methyl/N-ethyl adjacent to an activating group) is 1. The number of aromatic hydroxyl groups is 1. The summed E-state index contributed by atoms with van der Waals surface area (Å²) in [7, 11) is 5.38. The van der Waals surface area contributed by atoms with E-state index in [1.54, 1.807) is 41.4 Å². The number of pyridine rings is 1. The molecule has 1 aromatic carbocycles. The summed E-state index contributed by atoms with van der Waals surface area (Å²) >= 11 is 0. The van der Waals surface area contributed by atoms with Crippen molar-refractivity contribution < 1.29 is 14.3 Å². The van der Waals surface area contributed by atoms with Gasteiger partial charge in [-0.2, -0.15) is 0 Å². The number of fused-ring (bicyclic) bond motifs is 1. The second kappa shape index (κ2) is 8.53. The molecule has 2 amide bonds. The number of aliphatic imine (C=N–C) groups is 1. The third-order valence-electron chi connectivity index (χ3n) is 6.31. The lowest BCUT2D eigenvalue weighted by Gasteiger charge is -2.22. The first-order valence-corrected chi connectivity index (χ1v) is 11.2. The summed E-state index contributed by atoms with van der Waals surface area (Å²) in [6.45, 7) is 1.01. The standard InChI is InChI=1S/C25H25FN6O3/c1-29(2)18-12-20(31-9-8-30(3)25(31)35)23-28-21(22(33)24(34)32(23)14-18)19-11-16(13-27-19)10-15-4-6-17(26)7-5-15/h4-7,12-14,33H,8-11H2,1-3H3. The summed E-state index contributed by atoms with van der Waals surface area (Å²) in [6, 6.07) is 7.87. The van der Waals surface area contributed by atoms with Crippen LogP contribution in [0, 0.1) is 5.82 Å². The van der Waals surface area contributed by atoms with Crippen molar-refractivity contribution in [1.29, 1.82) is 0 Å². The third kappa shape index (κ3) is 4.01. The van der Waals surface area contributed by atoms with Crippen LogP contribution in [0.15, 0.2) is 58.1 Å². The minimum Gasteiger partial charge on any atom is -0.501 e. The number of hydrogen-bond donors (Lipinski definition) is 1. The molecule has 2 aromatic heterocycles. The van der Waals surface area contributed by atoms with Crippen molar-refractivity contribution in [2.75, 3.05) is 44.0 Å². The summed E-state index contributed by atoms with van der Waals surface area (Å²) in [4.78, 5) is 40.1. The Morgan fingerprint density at radius 1 is 1.14 bits per heavy atom. The van der Waals surface area contributed by atoms with E-state index in [0.717, 1.165) is 11.1 Å². The number of carbonyl (C=O) groups excluding carboxylic acids is 1. The molecule has 0 saturated carbocycles. The Bertz CT molecular complexity index is 1460. The predicted octanol–water partition coefficient (Wildman–Crippen LogP) is 2.80.